The molecule has 1 heterocycles. The number of ether oxygens (including phenoxy) is 1. The maximum Gasteiger partial charge on any atom is 0.135 e. The van der Waals surface area contributed by atoms with Gasteiger partial charge in [0.1, 0.15) is 11.5 Å². The van der Waals surface area contributed by atoms with E-state index in [1.165, 1.54) is 5.56 Å². The molecule has 0 saturated carbocycles. The van der Waals surface area contributed by atoms with E-state index in [1.807, 2.05) is 78.9 Å². The van der Waals surface area contributed by atoms with Crippen LogP contribution in [0.1, 0.15) is 48.3 Å². The molecule has 0 atom stereocenters. The fourth-order valence-electron chi connectivity index (χ4n) is 8.90. The first-order chi connectivity index (χ1) is 38.1. The van der Waals surface area contributed by atoms with Gasteiger partial charge in [0.15, 0.2) is 0 Å². The van der Waals surface area contributed by atoms with E-state index in [-0.39, 0.29) is 27.7 Å². The van der Waals surface area contributed by atoms with Crippen molar-refractivity contribution in [3.8, 4) is 78.3 Å². The molecule has 298 valence electrons. The molecule has 0 N–H and O–H groups in total. The lowest BCUT2D eigenvalue weighted by atomic mass is 9.82. The van der Waals surface area contributed by atoms with Gasteiger partial charge in [-0.25, -0.2) is 0 Å². The Morgan fingerprint density at radius 2 is 1.03 bits per heavy atom. The predicted octanol–water partition coefficient (Wildman–Crippen LogP) is 17.1. The Morgan fingerprint density at radius 1 is 0.397 bits per heavy atom. The van der Waals surface area contributed by atoms with Crippen LogP contribution in [0.15, 0.2) is 224 Å². The summed E-state index contributed by atoms with van der Waals surface area (Å²) in [6.45, 7) is 4.40. The van der Waals surface area contributed by atoms with Crippen molar-refractivity contribution in [2.75, 3.05) is 4.90 Å². The van der Waals surface area contributed by atoms with Crippen molar-refractivity contribution in [1.82, 2.24) is 0 Å². The lowest BCUT2D eigenvalue weighted by Crippen LogP contribution is -2.16. The average Bonchev–Trinajstić information content (AvgIpc) is 2.34. The standard InChI is InChI=1S/C61H43NO/c1-61(2)56-22-12-11-20-51(56)52-35-33-49(39-57(52)61)62(47-29-24-42(25-30-47)40-14-5-3-6-15-40)48-31-26-43(27-32-48)50-21-13-23-58-60(50)55-37-45-19-10-9-18-44(45)36-54(55)53-34-28-46(38-59(53)63-58)41-16-7-4-8-17-41/h3-39H,1-2H3/i4D,7D,8D,9D,10D,13D,16D,17D,18D,19D,21D,23D,28D,34D,36D,37D,38D. The number of benzene rings is 10. The largest absolute Gasteiger partial charge is 0.456 e. The summed E-state index contributed by atoms with van der Waals surface area (Å²) in [5, 5.41) is -0.866. The minimum absolute atomic E-state index is 0.111. The van der Waals surface area contributed by atoms with Crippen molar-refractivity contribution in [1.29, 1.82) is 0 Å². The summed E-state index contributed by atoms with van der Waals surface area (Å²) in [4.78, 5) is 2.09. The van der Waals surface area contributed by atoms with Crippen molar-refractivity contribution in [3.05, 3.63) is 235 Å². The molecular weight excluding hydrogens is 763 g/mol. The zero-order valence-corrected chi connectivity index (χ0v) is 33.9. The molecule has 0 fully saturated rings. The lowest BCUT2D eigenvalue weighted by Gasteiger charge is -2.28. The zero-order chi connectivity index (χ0) is 56.9. The van der Waals surface area contributed by atoms with Crippen LogP contribution in [0.3, 0.4) is 0 Å². The Labute approximate surface area is 392 Å². The monoisotopic (exact) mass is 822 g/mol. The highest BCUT2D eigenvalue weighted by molar-refractivity contribution is 6.04. The lowest BCUT2D eigenvalue weighted by molar-refractivity contribution is 0.488. The highest BCUT2D eigenvalue weighted by atomic mass is 16.5. The molecule has 10 aromatic carbocycles. The molecule has 12 rings (SSSR count). The smallest absolute Gasteiger partial charge is 0.135 e. The normalized spacial score (nSPS) is 16.6. The Kier molecular flexibility index (Phi) is 5.41. The van der Waals surface area contributed by atoms with Crippen molar-refractivity contribution in [3.63, 3.8) is 0 Å². The Hall–Kier alpha value is -7.94. The number of rotatable bonds is 6. The van der Waals surface area contributed by atoms with E-state index < -0.39 is 147 Å². The second kappa shape index (κ2) is 14.6. The van der Waals surface area contributed by atoms with Crippen LogP contribution in [-0.2, 0) is 5.41 Å². The zero-order valence-electron chi connectivity index (χ0n) is 50.9. The quantitative estimate of drug-likeness (QED) is 0.166. The average molecular weight is 823 g/mol. The molecule has 0 aromatic heterocycles. The van der Waals surface area contributed by atoms with E-state index in [4.69, 9.17) is 17.1 Å². The van der Waals surface area contributed by atoms with Gasteiger partial charge in [-0.15, -0.1) is 0 Å². The second-order valence-corrected chi connectivity index (χ2v) is 16.0. The molecule has 0 amide bonds. The molecule has 0 saturated heterocycles. The van der Waals surface area contributed by atoms with Crippen molar-refractivity contribution in [2.45, 2.75) is 19.3 Å². The first kappa shape index (κ1) is 23.3. The highest BCUT2D eigenvalue weighted by Crippen LogP contribution is 2.53. The van der Waals surface area contributed by atoms with Gasteiger partial charge in [-0.1, -0.05) is 171 Å². The summed E-state index contributed by atoms with van der Waals surface area (Å²) in [7, 11) is 0. The van der Waals surface area contributed by atoms with Crippen LogP contribution in [0, 0.1) is 0 Å². The topological polar surface area (TPSA) is 12.5 Å². The molecule has 1 aliphatic heterocycles. The number of hydrogen-bond donors (Lipinski definition) is 0. The molecule has 63 heavy (non-hydrogen) atoms. The van der Waals surface area contributed by atoms with Crippen LogP contribution in [0.4, 0.5) is 17.1 Å². The van der Waals surface area contributed by atoms with E-state index in [0.29, 0.717) is 5.69 Å². The third-order valence-corrected chi connectivity index (χ3v) is 12.0. The summed E-state index contributed by atoms with van der Waals surface area (Å²) in [6.07, 6.45) is 0. The van der Waals surface area contributed by atoms with Crippen molar-refractivity contribution in [2.24, 2.45) is 0 Å². The van der Waals surface area contributed by atoms with Crippen LogP contribution in [-0.4, -0.2) is 0 Å². The van der Waals surface area contributed by atoms with Gasteiger partial charge in [-0.2, -0.15) is 0 Å². The van der Waals surface area contributed by atoms with Crippen molar-refractivity contribution >= 4 is 27.8 Å². The van der Waals surface area contributed by atoms with Crippen LogP contribution in [0.5, 0.6) is 11.5 Å². The summed E-state index contributed by atoms with van der Waals surface area (Å²) in [5.41, 5.74) is 5.94. The van der Waals surface area contributed by atoms with Gasteiger partial charge < -0.3 is 9.64 Å². The van der Waals surface area contributed by atoms with Crippen LogP contribution < -0.4 is 9.64 Å². The number of hydrogen-bond acceptors (Lipinski definition) is 2. The van der Waals surface area contributed by atoms with Gasteiger partial charge in [-0.05, 0) is 144 Å². The molecule has 2 heteroatoms. The van der Waals surface area contributed by atoms with Gasteiger partial charge in [0.05, 0.1) is 23.3 Å². The van der Waals surface area contributed by atoms with Crippen LogP contribution >= 0.6 is 0 Å². The highest BCUT2D eigenvalue weighted by Gasteiger charge is 2.36. The van der Waals surface area contributed by atoms with Gasteiger partial charge in [0, 0.05) is 33.6 Å². The molecule has 0 bridgehead atoms. The fraction of sp³-hybridized carbons (Fsp3) is 0.0492. The third-order valence-electron chi connectivity index (χ3n) is 12.0. The SMILES string of the molecule is [2H]c1c([2H])c([2H])c(-c2c([2H])c([2H])c3c(c2[2H])Oc2c([2H])c([2H])c([2H])c(-c4ccc(N(c5ccc(-c6ccccc6)cc5)c5ccc6c(c5)C(C)(C)c5ccccc5-6)cc4)c2-c2c-3c([2H])c3c([2H])c([2H])c([2H])c([2H])c3c2[2H])c([2H])c1[2H]. The molecular formula is C61H43NO. The van der Waals surface area contributed by atoms with E-state index in [1.54, 1.807) is 12.1 Å². The second-order valence-electron chi connectivity index (χ2n) is 16.0. The molecule has 2 aliphatic rings. The van der Waals surface area contributed by atoms with E-state index in [2.05, 4.69) is 49.1 Å². The van der Waals surface area contributed by atoms with Crippen LogP contribution in [0.2, 0.25) is 0 Å². The van der Waals surface area contributed by atoms with Gasteiger partial charge >= 0.3 is 0 Å². The minimum Gasteiger partial charge on any atom is -0.456 e. The maximum atomic E-state index is 9.97. The molecule has 0 spiro atoms. The summed E-state index contributed by atoms with van der Waals surface area (Å²) in [5.74, 6) is -1.21. The minimum atomic E-state index is -0.839. The molecule has 2 nitrogen and oxygen atoms in total. The number of fused-ring (bicyclic) bond motifs is 9. The summed E-state index contributed by atoms with van der Waals surface area (Å²) < 4.78 is 161. The predicted molar refractivity (Wildman–Crippen MR) is 263 cm³/mol. The van der Waals surface area contributed by atoms with E-state index in [9.17, 15) is 11.0 Å². The van der Waals surface area contributed by atoms with Gasteiger partial charge in [0.25, 0.3) is 0 Å². The molecule has 10 aromatic rings. The van der Waals surface area contributed by atoms with Gasteiger partial charge in [0.2, 0.25) is 0 Å². The van der Waals surface area contributed by atoms with Crippen molar-refractivity contribution < 1.29 is 28.0 Å². The maximum absolute atomic E-state index is 9.97. The first-order valence-electron chi connectivity index (χ1n) is 28.9. The van der Waals surface area contributed by atoms with E-state index >= 15 is 0 Å². The fourth-order valence-corrected chi connectivity index (χ4v) is 8.90. The Bertz CT molecular complexity index is 4340. The number of anilines is 3. The first-order valence-corrected chi connectivity index (χ1v) is 20.4. The molecule has 0 radical (unpaired) electrons. The van der Waals surface area contributed by atoms with Gasteiger partial charge in [-0.3, -0.25) is 0 Å². The Balaban J connectivity index is 1.12. The number of nitrogens with zero attached hydrogens (tertiary/aromatic N) is 1. The van der Waals surface area contributed by atoms with Crippen LogP contribution in [0.25, 0.3) is 77.5 Å². The Morgan fingerprint density at radius 3 is 1.79 bits per heavy atom. The molecule has 1 aliphatic carbocycles. The summed E-state index contributed by atoms with van der Waals surface area (Å²) >= 11 is 0. The van der Waals surface area contributed by atoms with E-state index in [0.717, 1.165) is 39.2 Å². The summed E-state index contributed by atoms with van der Waals surface area (Å²) in [6, 6.07) is 27.3. The third kappa shape index (κ3) is 6.17. The molecule has 0 unspecified atom stereocenters.